The highest BCUT2D eigenvalue weighted by atomic mass is 19.1. The Labute approximate surface area is 67.5 Å². The summed E-state index contributed by atoms with van der Waals surface area (Å²) >= 11 is 0. The lowest BCUT2D eigenvalue weighted by molar-refractivity contribution is 0.584. The highest BCUT2D eigenvalue weighted by Gasteiger charge is 2.08. The molecule has 1 aromatic rings. The van der Waals surface area contributed by atoms with E-state index in [1.807, 2.05) is 0 Å². The molecular formula is C8H2F2N2. The van der Waals surface area contributed by atoms with Crippen LogP contribution in [0.1, 0.15) is 5.56 Å². The van der Waals surface area contributed by atoms with E-state index in [1.54, 1.807) is 0 Å². The largest absolute Gasteiger partial charge is 0.235 e. The molecule has 0 aliphatic rings. The van der Waals surface area contributed by atoms with Gasteiger partial charge in [-0.1, -0.05) is 0 Å². The van der Waals surface area contributed by atoms with E-state index in [0.29, 0.717) is 6.07 Å². The molecule has 0 radical (unpaired) electrons. The number of hydrogen-bond donors (Lipinski definition) is 0. The summed E-state index contributed by atoms with van der Waals surface area (Å²) in [4.78, 5) is 2.78. The van der Waals surface area contributed by atoms with Gasteiger partial charge in [-0.15, -0.1) is 0 Å². The third kappa shape index (κ3) is 1.23. The molecule has 0 unspecified atom stereocenters. The van der Waals surface area contributed by atoms with Gasteiger partial charge in [0.15, 0.2) is 0 Å². The maximum absolute atomic E-state index is 12.6. The second-order valence-corrected chi connectivity index (χ2v) is 2.01. The van der Waals surface area contributed by atoms with Gasteiger partial charge in [-0.25, -0.2) is 13.6 Å². The van der Waals surface area contributed by atoms with Crippen molar-refractivity contribution in [3.05, 3.63) is 40.7 Å². The quantitative estimate of drug-likeness (QED) is 0.541. The maximum Gasteiger partial charge on any atom is 0.223 e. The Morgan fingerprint density at radius 2 is 2.00 bits per heavy atom. The monoisotopic (exact) mass is 164 g/mol. The molecule has 0 aliphatic heterocycles. The van der Waals surface area contributed by atoms with Gasteiger partial charge in [-0.2, -0.15) is 5.26 Å². The summed E-state index contributed by atoms with van der Waals surface area (Å²) in [5.41, 5.74) is -0.657. The van der Waals surface area contributed by atoms with Crippen molar-refractivity contribution >= 4 is 5.69 Å². The van der Waals surface area contributed by atoms with Crippen molar-refractivity contribution < 1.29 is 8.78 Å². The Hall–Kier alpha value is -1.94. The van der Waals surface area contributed by atoms with E-state index in [0.717, 1.165) is 6.07 Å². The van der Waals surface area contributed by atoms with Gasteiger partial charge in [0.05, 0.1) is 12.1 Å². The third-order valence-corrected chi connectivity index (χ3v) is 1.28. The Kier molecular flexibility index (Phi) is 2.02. The summed E-state index contributed by atoms with van der Waals surface area (Å²) < 4.78 is 25.2. The Bertz CT molecular complexity index is 363. The predicted octanol–water partition coefficient (Wildman–Crippen LogP) is 2.39. The first kappa shape index (κ1) is 8.16. The minimum absolute atomic E-state index is 0.317. The number of benzene rings is 1. The van der Waals surface area contributed by atoms with Crippen LogP contribution in [0, 0.1) is 29.5 Å². The van der Waals surface area contributed by atoms with Crippen LogP contribution >= 0.6 is 0 Å². The van der Waals surface area contributed by atoms with Crippen LogP contribution in [-0.2, 0) is 0 Å². The molecule has 12 heavy (non-hydrogen) atoms. The van der Waals surface area contributed by atoms with E-state index in [-0.39, 0.29) is 11.3 Å². The second kappa shape index (κ2) is 2.98. The molecule has 0 amide bonds. The molecule has 0 bridgehead atoms. The van der Waals surface area contributed by atoms with Crippen LogP contribution in [0.3, 0.4) is 0 Å². The highest BCUT2D eigenvalue weighted by molar-refractivity contribution is 5.51. The van der Waals surface area contributed by atoms with Gasteiger partial charge < -0.3 is 0 Å². The van der Waals surface area contributed by atoms with Gasteiger partial charge in [0.2, 0.25) is 5.69 Å². The van der Waals surface area contributed by atoms with Gasteiger partial charge in [0.25, 0.3) is 0 Å². The number of halogens is 2. The molecule has 0 aliphatic carbocycles. The first-order valence-electron chi connectivity index (χ1n) is 2.95. The minimum Gasteiger partial charge on any atom is -0.235 e. The molecule has 4 heteroatoms. The summed E-state index contributed by atoms with van der Waals surface area (Å²) in [5.74, 6) is -1.89. The Morgan fingerprint density at radius 3 is 2.50 bits per heavy atom. The van der Waals surface area contributed by atoms with Crippen molar-refractivity contribution in [1.82, 2.24) is 0 Å². The SMILES string of the molecule is [C-]#[N+]c1cc(C#N)c(F)cc1F. The van der Waals surface area contributed by atoms with Gasteiger partial charge in [0.1, 0.15) is 17.7 Å². The molecule has 1 aromatic carbocycles. The predicted molar refractivity (Wildman–Crippen MR) is 37.3 cm³/mol. The first-order chi connectivity index (χ1) is 5.69. The van der Waals surface area contributed by atoms with E-state index in [4.69, 9.17) is 11.8 Å². The van der Waals surface area contributed by atoms with Gasteiger partial charge in [0, 0.05) is 6.07 Å². The van der Waals surface area contributed by atoms with Crippen LogP contribution in [0.5, 0.6) is 0 Å². The number of nitriles is 1. The first-order valence-corrected chi connectivity index (χ1v) is 2.95. The number of hydrogen-bond acceptors (Lipinski definition) is 1. The number of rotatable bonds is 0. The zero-order chi connectivity index (χ0) is 9.14. The summed E-state index contributed by atoms with van der Waals surface area (Å²) in [6.07, 6.45) is 0. The van der Waals surface area contributed by atoms with Crippen LogP contribution in [0.2, 0.25) is 0 Å². The molecule has 0 saturated heterocycles. The van der Waals surface area contributed by atoms with Crippen LogP contribution < -0.4 is 0 Å². The standard InChI is InChI=1S/C8H2F2N2/c1-12-8-2-5(4-11)6(9)3-7(8)10/h2-3H. The van der Waals surface area contributed by atoms with Gasteiger partial charge in [-0.05, 0) is 6.07 Å². The normalized spacial score (nSPS) is 8.67. The second-order valence-electron chi connectivity index (χ2n) is 2.01. The van der Waals surface area contributed by atoms with Crippen LogP contribution in [0.4, 0.5) is 14.5 Å². The summed E-state index contributed by atoms with van der Waals surface area (Å²) in [6.45, 7) is 6.48. The molecule has 1 rings (SSSR count). The summed E-state index contributed by atoms with van der Waals surface area (Å²) in [5, 5.41) is 8.31. The molecule has 0 heterocycles. The molecule has 2 nitrogen and oxygen atoms in total. The average Bonchev–Trinajstić information content (AvgIpc) is 2.05. The molecule has 0 fully saturated rings. The summed E-state index contributed by atoms with van der Waals surface area (Å²) in [6, 6.07) is 2.93. The zero-order valence-electron chi connectivity index (χ0n) is 5.81. The minimum atomic E-state index is -0.943. The average molecular weight is 164 g/mol. The van der Waals surface area contributed by atoms with Crippen molar-refractivity contribution in [2.24, 2.45) is 0 Å². The third-order valence-electron chi connectivity index (χ3n) is 1.28. The van der Waals surface area contributed by atoms with Gasteiger partial charge >= 0.3 is 0 Å². The maximum atomic E-state index is 12.6. The van der Waals surface area contributed by atoms with E-state index < -0.39 is 11.6 Å². The fraction of sp³-hybridized carbons (Fsp3) is 0. The molecule has 0 atom stereocenters. The lowest BCUT2D eigenvalue weighted by Crippen LogP contribution is -1.85. The van der Waals surface area contributed by atoms with Crippen LogP contribution in [0.25, 0.3) is 4.85 Å². The van der Waals surface area contributed by atoms with Crippen molar-refractivity contribution in [2.75, 3.05) is 0 Å². The van der Waals surface area contributed by atoms with Crippen LogP contribution in [-0.4, -0.2) is 0 Å². The fourth-order valence-corrected chi connectivity index (χ4v) is 0.709. The fourth-order valence-electron chi connectivity index (χ4n) is 0.709. The zero-order valence-corrected chi connectivity index (χ0v) is 5.81. The highest BCUT2D eigenvalue weighted by Crippen LogP contribution is 2.21. The Balaban J connectivity index is 3.42. The van der Waals surface area contributed by atoms with Crippen LogP contribution in [0.15, 0.2) is 12.1 Å². The van der Waals surface area contributed by atoms with Crippen molar-refractivity contribution in [3.8, 4) is 6.07 Å². The van der Waals surface area contributed by atoms with E-state index >= 15 is 0 Å². The Morgan fingerprint density at radius 1 is 1.33 bits per heavy atom. The number of nitrogens with zero attached hydrogens (tertiary/aromatic N) is 2. The summed E-state index contributed by atoms with van der Waals surface area (Å²) in [7, 11) is 0. The van der Waals surface area contributed by atoms with Crippen molar-refractivity contribution in [3.63, 3.8) is 0 Å². The van der Waals surface area contributed by atoms with E-state index in [2.05, 4.69) is 4.85 Å². The molecule has 0 N–H and O–H groups in total. The van der Waals surface area contributed by atoms with E-state index in [9.17, 15) is 8.78 Å². The molecule has 58 valence electrons. The molecule has 0 saturated carbocycles. The molecular weight excluding hydrogens is 162 g/mol. The van der Waals surface area contributed by atoms with Crippen molar-refractivity contribution in [1.29, 1.82) is 5.26 Å². The molecule has 0 spiro atoms. The lowest BCUT2D eigenvalue weighted by Gasteiger charge is -1.95. The van der Waals surface area contributed by atoms with Crippen molar-refractivity contribution in [2.45, 2.75) is 0 Å². The molecule has 0 aromatic heterocycles. The topological polar surface area (TPSA) is 28.1 Å². The van der Waals surface area contributed by atoms with Gasteiger partial charge in [-0.3, -0.25) is 0 Å². The lowest BCUT2D eigenvalue weighted by atomic mass is 10.2. The smallest absolute Gasteiger partial charge is 0.223 e. The van der Waals surface area contributed by atoms with E-state index in [1.165, 1.54) is 6.07 Å².